The van der Waals surface area contributed by atoms with Crippen LogP contribution in [-0.4, -0.2) is 18.6 Å². The first kappa shape index (κ1) is 9.97. The van der Waals surface area contributed by atoms with Crippen molar-refractivity contribution in [3.8, 4) is 6.07 Å². The molecule has 1 aromatic heterocycles. The second kappa shape index (κ2) is 4.31. The fraction of sp³-hybridized carbons (Fsp3) is 0.500. The highest BCUT2D eigenvalue weighted by Crippen LogP contribution is 2.28. The summed E-state index contributed by atoms with van der Waals surface area (Å²) in [5, 5.41) is 8.96. The van der Waals surface area contributed by atoms with Gasteiger partial charge in [0.1, 0.15) is 11.9 Å². The van der Waals surface area contributed by atoms with Gasteiger partial charge in [0.2, 0.25) is 0 Å². The highest BCUT2D eigenvalue weighted by Gasteiger charge is 2.20. The van der Waals surface area contributed by atoms with Crippen molar-refractivity contribution in [3.05, 3.63) is 23.9 Å². The molecule has 1 aromatic rings. The minimum atomic E-state index is 0.666. The van der Waals surface area contributed by atoms with Crippen molar-refractivity contribution < 1.29 is 0 Å². The van der Waals surface area contributed by atoms with Crippen molar-refractivity contribution >= 4 is 5.82 Å². The minimum absolute atomic E-state index is 0.666. The lowest BCUT2D eigenvalue weighted by Crippen LogP contribution is -2.30. The maximum Gasteiger partial charge on any atom is 0.146 e. The molecule has 1 aliphatic rings. The maximum atomic E-state index is 8.96. The van der Waals surface area contributed by atoms with Gasteiger partial charge in [-0.05, 0) is 30.9 Å². The molecule has 0 atom stereocenters. The number of nitrogens with zero attached hydrogens (tertiary/aromatic N) is 3. The Bertz CT molecular complexity index is 377. The van der Waals surface area contributed by atoms with Crippen molar-refractivity contribution in [1.82, 2.24) is 4.98 Å². The second-order valence-electron chi connectivity index (χ2n) is 4.16. The van der Waals surface area contributed by atoms with Crippen LogP contribution in [-0.2, 0) is 0 Å². The monoisotopic (exact) mass is 201 g/mol. The normalized spacial score (nSPS) is 15.5. The molecule has 3 heteroatoms. The highest BCUT2D eigenvalue weighted by atomic mass is 15.2. The van der Waals surface area contributed by atoms with Gasteiger partial charge in [-0.3, -0.25) is 0 Å². The fourth-order valence-electron chi connectivity index (χ4n) is 1.94. The SMILES string of the molecule is CN(CC1CCC1)c1ncccc1C#N. The minimum Gasteiger partial charge on any atom is -0.358 e. The number of nitriles is 1. The Hall–Kier alpha value is -1.56. The maximum absolute atomic E-state index is 8.96. The summed E-state index contributed by atoms with van der Waals surface area (Å²) in [6.45, 7) is 1.02. The number of rotatable bonds is 3. The molecule has 15 heavy (non-hydrogen) atoms. The zero-order valence-electron chi connectivity index (χ0n) is 8.98. The van der Waals surface area contributed by atoms with Crippen LogP contribution in [0.5, 0.6) is 0 Å². The molecule has 0 saturated heterocycles. The zero-order valence-corrected chi connectivity index (χ0v) is 8.98. The van der Waals surface area contributed by atoms with Gasteiger partial charge in [-0.1, -0.05) is 6.42 Å². The van der Waals surface area contributed by atoms with Crippen molar-refractivity contribution in [3.63, 3.8) is 0 Å². The first-order valence-corrected chi connectivity index (χ1v) is 5.37. The molecule has 0 amide bonds. The van der Waals surface area contributed by atoms with Gasteiger partial charge in [0.15, 0.2) is 0 Å². The van der Waals surface area contributed by atoms with E-state index in [1.165, 1.54) is 19.3 Å². The Morgan fingerprint density at radius 1 is 1.60 bits per heavy atom. The molecular formula is C12H15N3. The van der Waals surface area contributed by atoms with Gasteiger partial charge in [0.05, 0.1) is 5.56 Å². The number of hydrogen-bond acceptors (Lipinski definition) is 3. The molecule has 1 fully saturated rings. The van der Waals surface area contributed by atoms with E-state index in [-0.39, 0.29) is 0 Å². The van der Waals surface area contributed by atoms with Crippen LogP contribution in [0.4, 0.5) is 5.82 Å². The molecule has 0 unspecified atom stereocenters. The van der Waals surface area contributed by atoms with E-state index in [4.69, 9.17) is 5.26 Å². The molecule has 0 radical (unpaired) electrons. The lowest BCUT2D eigenvalue weighted by Gasteiger charge is -2.30. The Kier molecular flexibility index (Phi) is 2.86. The Morgan fingerprint density at radius 2 is 2.40 bits per heavy atom. The summed E-state index contributed by atoms with van der Waals surface area (Å²) in [5.41, 5.74) is 0.666. The van der Waals surface area contributed by atoms with Crippen molar-refractivity contribution in [1.29, 1.82) is 5.26 Å². The van der Waals surface area contributed by atoms with Gasteiger partial charge in [-0.15, -0.1) is 0 Å². The van der Waals surface area contributed by atoms with E-state index in [9.17, 15) is 0 Å². The highest BCUT2D eigenvalue weighted by molar-refractivity contribution is 5.52. The van der Waals surface area contributed by atoms with Gasteiger partial charge in [-0.25, -0.2) is 4.98 Å². The molecule has 2 rings (SSSR count). The molecule has 3 nitrogen and oxygen atoms in total. The average Bonchev–Trinajstić information content (AvgIpc) is 2.23. The lowest BCUT2D eigenvalue weighted by molar-refractivity contribution is 0.321. The molecule has 0 spiro atoms. The number of pyridine rings is 1. The summed E-state index contributed by atoms with van der Waals surface area (Å²) in [5.74, 6) is 1.61. The summed E-state index contributed by atoms with van der Waals surface area (Å²) in [7, 11) is 2.02. The third-order valence-corrected chi connectivity index (χ3v) is 3.03. The standard InChI is InChI=1S/C12H15N3/c1-15(9-10-4-2-5-10)12-11(8-13)6-3-7-14-12/h3,6-7,10H,2,4-5,9H2,1H3. The summed E-state index contributed by atoms with van der Waals surface area (Å²) < 4.78 is 0. The van der Waals surface area contributed by atoms with Gasteiger partial charge < -0.3 is 4.90 Å². The van der Waals surface area contributed by atoms with Crippen LogP contribution in [0.2, 0.25) is 0 Å². The quantitative estimate of drug-likeness (QED) is 0.752. The average molecular weight is 201 g/mol. The van der Waals surface area contributed by atoms with Crippen LogP contribution in [0.3, 0.4) is 0 Å². The van der Waals surface area contributed by atoms with Crippen LogP contribution in [0.15, 0.2) is 18.3 Å². The van der Waals surface area contributed by atoms with Crippen molar-refractivity contribution in [2.45, 2.75) is 19.3 Å². The van der Waals surface area contributed by atoms with E-state index in [0.717, 1.165) is 18.3 Å². The topological polar surface area (TPSA) is 39.9 Å². The van der Waals surface area contributed by atoms with Gasteiger partial charge >= 0.3 is 0 Å². The number of hydrogen-bond donors (Lipinski definition) is 0. The first-order valence-electron chi connectivity index (χ1n) is 5.37. The molecular weight excluding hydrogens is 186 g/mol. The molecule has 0 bridgehead atoms. The van der Waals surface area contributed by atoms with Crippen molar-refractivity contribution in [2.24, 2.45) is 5.92 Å². The fourth-order valence-corrected chi connectivity index (χ4v) is 1.94. The predicted molar refractivity (Wildman–Crippen MR) is 59.6 cm³/mol. The second-order valence-corrected chi connectivity index (χ2v) is 4.16. The van der Waals surface area contributed by atoms with Gasteiger partial charge in [-0.2, -0.15) is 5.26 Å². The lowest BCUT2D eigenvalue weighted by atomic mass is 9.85. The summed E-state index contributed by atoms with van der Waals surface area (Å²) >= 11 is 0. The molecule has 0 aromatic carbocycles. The molecule has 1 saturated carbocycles. The van der Waals surface area contributed by atoms with E-state index in [0.29, 0.717) is 5.56 Å². The molecule has 78 valence electrons. The molecule has 0 aliphatic heterocycles. The molecule has 1 aliphatic carbocycles. The van der Waals surface area contributed by atoms with Crippen LogP contribution in [0, 0.1) is 17.2 Å². The Balaban J connectivity index is 2.10. The summed E-state index contributed by atoms with van der Waals surface area (Å²) in [6.07, 6.45) is 5.73. The Labute approximate surface area is 90.4 Å². The van der Waals surface area contributed by atoms with E-state index >= 15 is 0 Å². The molecule has 1 heterocycles. The summed E-state index contributed by atoms with van der Waals surface area (Å²) in [4.78, 5) is 6.36. The molecule has 0 N–H and O–H groups in total. The van der Waals surface area contributed by atoms with Crippen LogP contribution in [0.1, 0.15) is 24.8 Å². The largest absolute Gasteiger partial charge is 0.358 e. The van der Waals surface area contributed by atoms with Gasteiger partial charge in [0, 0.05) is 19.8 Å². The van der Waals surface area contributed by atoms with Crippen molar-refractivity contribution in [2.75, 3.05) is 18.5 Å². The van der Waals surface area contributed by atoms with Gasteiger partial charge in [0.25, 0.3) is 0 Å². The number of aromatic nitrogens is 1. The van der Waals surface area contributed by atoms with E-state index in [1.807, 2.05) is 13.1 Å². The number of anilines is 1. The smallest absolute Gasteiger partial charge is 0.146 e. The van der Waals surface area contributed by atoms with Crippen LogP contribution in [0.25, 0.3) is 0 Å². The summed E-state index contributed by atoms with van der Waals surface area (Å²) in [6, 6.07) is 5.81. The van der Waals surface area contributed by atoms with Crippen LogP contribution < -0.4 is 4.90 Å². The van der Waals surface area contributed by atoms with Crippen LogP contribution >= 0.6 is 0 Å². The first-order chi connectivity index (χ1) is 7.31. The van der Waals surface area contributed by atoms with E-state index in [1.54, 1.807) is 12.3 Å². The predicted octanol–water partition coefficient (Wildman–Crippen LogP) is 2.19. The van der Waals surface area contributed by atoms with E-state index < -0.39 is 0 Å². The third-order valence-electron chi connectivity index (χ3n) is 3.03. The Morgan fingerprint density at radius 3 is 3.00 bits per heavy atom. The third kappa shape index (κ3) is 2.10. The zero-order chi connectivity index (χ0) is 10.7. The van der Waals surface area contributed by atoms with E-state index in [2.05, 4.69) is 16.0 Å².